The fraction of sp³-hybridized carbons (Fsp3) is 0.250. The molecule has 21 heavy (non-hydrogen) atoms. The molecule has 1 aromatic heterocycles. The van der Waals surface area contributed by atoms with Crippen LogP contribution in [0.2, 0.25) is 5.02 Å². The van der Waals surface area contributed by atoms with Crippen molar-refractivity contribution < 1.29 is 5.11 Å². The minimum atomic E-state index is 0.168. The Hall–Kier alpha value is -2.07. The van der Waals surface area contributed by atoms with Gasteiger partial charge in [0.15, 0.2) is 0 Å². The Labute approximate surface area is 128 Å². The number of nitrogens with zero attached hydrogens (tertiary/aromatic N) is 3. The number of phenols is 1. The number of fused-ring (bicyclic) bond motifs is 1. The van der Waals surface area contributed by atoms with E-state index >= 15 is 0 Å². The van der Waals surface area contributed by atoms with Crippen LogP contribution in [0.25, 0.3) is 16.7 Å². The highest BCUT2D eigenvalue weighted by atomic mass is 35.5. The number of halogens is 1. The van der Waals surface area contributed by atoms with Crippen LogP contribution in [0, 0.1) is 0 Å². The molecule has 0 bridgehead atoms. The van der Waals surface area contributed by atoms with Gasteiger partial charge in [0.25, 0.3) is 0 Å². The van der Waals surface area contributed by atoms with E-state index in [9.17, 15) is 5.11 Å². The molecule has 0 aliphatic rings. The second-order valence-electron chi connectivity index (χ2n) is 5.05. The van der Waals surface area contributed by atoms with E-state index in [-0.39, 0.29) is 5.75 Å². The van der Waals surface area contributed by atoms with Crippen molar-refractivity contribution >= 4 is 22.6 Å². The topological polar surface area (TPSA) is 50.9 Å². The molecule has 5 heteroatoms. The molecule has 0 fully saturated rings. The zero-order valence-corrected chi connectivity index (χ0v) is 12.5. The second kappa shape index (κ2) is 5.74. The van der Waals surface area contributed by atoms with Gasteiger partial charge in [0.1, 0.15) is 22.5 Å². The van der Waals surface area contributed by atoms with Crippen LogP contribution >= 0.6 is 11.6 Å². The molecular formula is C16H16ClN3O. The van der Waals surface area contributed by atoms with Gasteiger partial charge in [-0.3, -0.25) is 0 Å². The van der Waals surface area contributed by atoms with Gasteiger partial charge in [-0.15, -0.1) is 15.0 Å². The van der Waals surface area contributed by atoms with Gasteiger partial charge in [0.2, 0.25) is 0 Å². The first-order valence-electron chi connectivity index (χ1n) is 7.02. The Morgan fingerprint density at radius 2 is 1.90 bits per heavy atom. The Morgan fingerprint density at radius 3 is 2.71 bits per heavy atom. The normalized spacial score (nSPS) is 11.1. The number of aromatic hydroxyl groups is 1. The molecule has 4 nitrogen and oxygen atoms in total. The number of hydrogen-bond donors (Lipinski definition) is 1. The first-order chi connectivity index (χ1) is 10.2. The second-order valence-corrected chi connectivity index (χ2v) is 5.49. The summed E-state index contributed by atoms with van der Waals surface area (Å²) in [5.41, 5.74) is 3.22. The van der Waals surface area contributed by atoms with Crippen molar-refractivity contribution in [2.45, 2.75) is 26.2 Å². The van der Waals surface area contributed by atoms with Crippen LogP contribution in [0.3, 0.4) is 0 Å². The number of hydrogen-bond acceptors (Lipinski definition) is 3. The van der Waals surface area contributed by atoms with Crippen LogP contribution in [0.1, 0.15) is 25.3 Å². The standard InChI is InChI=1S/C16H16ClN3O/c1-2-3-4-11-5-8-16(21)15(9-11)20-18-13-7-6-12(17)10-14(13)19-20/h5-10,21H,2-4H2,1H3. The van der Waals surface area contributed by atoms with Crippen molar-refractivity contribution in [3.8, 4) is 11.4 Å². The fourth-order valence-electron chi connectivity index (χ4n) is 2.26. The van der Waals surface area contributed by atoms with Gasteiger partial charge in [-0.1, -0.05) is 31.0 Å². The maximum atomic E-state index is 10.1. The molecule has 1 heterocycles. The number of aromatic nitrogens is 3. The van der Waals surface area contributed by atoms with Crippen LogP contribution in [-0.2, 0) is 6.42 Å². The SMILES string of the molecule is CCCCc1ccc(O)c(-n2nc3ccc(Cl)cc3n2)c1. The smallest absolute Gasteiger partial charge is 0.143 e. The highest BCUT2D eigenvalue weighted by molar-refractivity contribution is 6.31. The Kier molecular flexibility index (Phi) is 3.80. The fourth-order valence-corrected chi connectivity index (χ4v) is 2.43. The minimum Gasteiger partial charge on any atom is -0.506 e. The first kappa shape index (κ1) is 13.9. The summed E-state index contributed by atoms with van der Waals surface area (Å²) >= 11 is 5.96. The van der Waals surface area contributed by atoms with Gasteiger partial charge in [-0.05, 0) is 48.7 Å². The zero-order chi connectivity index (χ0) is 14.8. The average Bonchev–Trinajstić information content (AvgIpc) is 2.89. The quantitative estimate of drug-likeness (QED) is 0.788. The molecule has 108 valence electrons. The van der Waals surface area contributed by atoms with Gasteiger partial charge in [0, 0.05) is 5.02 Å². The molecular weight excluding hydrogens is 286 g/mol. The van der Waals surface area contributed by atoms with Crippen molar-refractivity contribution in [3.05, 3.63) is 47.0 Å². The highest BCUT2D eigenvalue weighted by Crippen LogP contribution is 2.24. The summed E-state index contributed by atoms with van der Waals surface area (Å²) in [4.78, 5) is 1.46. The molecule has 0 aliphatic carbocycles. The largest absolute Gasteiger partial charge is 0.506 e. The first-order valence-corrected chi connectivity index (χ1v) is 7.40. The summed E-state index contributed by atoms with van der Waals surface area (Å²) < 4.78 is 0. The van der Waals surface area contributed by atoms with Crippen LogP contribution < -0.4 is 0 Å². The predicted octanol–water partition coefficient (Wildman–Crippen LogP) is 4.12. The zero-order valence-electron chi connectivity index (χ0n) is 11.8. The molecule has 0 unspecified atom stereocenters. The number of aryl methyl sites for hydroxylation is 1. The Bertz CT molecular complexity index is 782. The molecule has 0 radical (unpaired) electrons. The molecule has 0 spiro atoms. The summed E-state index contributed by atoms with van der Waals surface area (Å²) in [5, 5.41) is 19.5. The molecule has 0 amide bonds. The van der Waals surface area contributed by atoms with E-state index in [2.05, 4.69) is 17.1 Å². The Morgan fingerprint density at radius 1 is 1.10 bits per heavy atom. The third-order valence-corrected chi connectivity index (χ3v) is 3.65. The molecule has 3 aromatic rings. The maximum Gasteiger partial charge on any atom is 0.143 e. The lowest BCUT2D eigenvalue weighted by Crippen LogP contribution is -2.00. The van der Waals surface area contributed by atoms with E-state index in [0.29, 0.717) is 16.2 Å². The van der Waals surface area contributed by atoms with E-state index in [4.69, 9.17) is 11.6 Å². The predicted molar refractivity (Wildman–Crippen MR) is 84.2 cm³/mol. The lowest BCUT2D eigenvalue weighted by molar-refractivity contribution is 0.467. The lowest BCUT2D eigenvalue weighted by atomic mass is 10.1. The minimum absolute atomic E-state index is 0.168. The molecule has 3 rings (SSSR count). The molecule has 0 atom stereocenters. The number of benzene rings is 2. The summed E-state index contributed by atoms with van der Waals surface area (Å²) in [6.07, 6.45) is 3.24. The van der Waals surface area contributed by atoms with Gasteiger partial charge in [-0.25, -0.2) is 0 Å². The van der Waals surface area contributed by atoms with E-state index in [1.54, 1.807) is 18.2 Å². The molecule has 0 aliphatic heterocycles. The molecule has 0 saturated heterocycles. The van der Waals surface area contributed by atoms with Crippen molar-refractivity contribution in [2.24, 2.45) is 0 Å². The third kappa shape index (κ3) is 2.85. The molecule has 2 aromatic carbocycles. The van der Waals surface area contributed by atoms with Crippen molar-refractivity contribution in [3.63, 3.8) is 0 Å². The lowest BCUT2D eigenvalue weighted by Gasteiger charge is -2.06. The molecule has 0 saturated carbocycles. The summed E-state index contributed by atoms with van der Waals surface area (Å²) in [6.45, 7) is 2.16. The van der Waals surface area contributed by atoms with Crippen LogP contribution in [0.15, 0.2) is 36.4 Å². The summed E-state index contributed by atoms with van der Waals surface area (Å²) in [7, 11) is 0. The van der Waals surface area contributed by atoms with Gasteiger partial charge >= 0.3 is 0 Å². The number of phenolic OH excluding ortho intramolecular Hbond substituents is 1. The van der Waals surface area contributed by atoms with Crippen molar-refractivity contribution in [1.29, 1.82) is 0 Å². The number of unbranched alkanes of at least 4 members (excludes halogenated alkanes) is 1. The van der Waals surface area contributed by atoms with Gasteiger partial charge < -0.3 is 5.11 Å². The van der Waals surface area contributed by atoms with E-state index < -0.39 is 0 Å². The third-order valence-electron chi connectivity index (χ3n) is 3.42. The number of rotatable bonds is 4. The van der Waals surface area contributed by atoms with Crippen molar-refractivity contribution in [2.75, 3.05) is 0 Å². The van der Waals surface area contributed by atoms with E-state index in [1.165, 1.54) is 10.4 Å². The molecule has 1 N–H and O–H groups in total. The average molecular weight is 302 g/mol. The van der Waals surface area contributed by atoms with E-state index in [0.717, 1.165) is 24.8 Å². The van der Waals surface area contributed by atoms with Gasteiger partial charge in [0.05, 0.1) is 0 Å². The summed E-state index contributed by atoms with van der Waals surface area (Å²) in [5.74, 6) is 0.168. The van der Waals surface area contributed by atoms with E-state index in [1.807, 2.05) is 18.2 Å². The maximum absolute atomic E-state index is 10.1. The summed E-state index contributed by atoms with van der Waals surface area (Å²) in [6, 6.07) is 10.9. The highest BCUT2D eigenvalue weighted by Gasteiger charge is 2.10. The van der Waals surface area contributed by atoms with Crippen molar-refractivity contribution in [1.82, 2.24) is 15.0 Å². The van der Waals surface area contributed by atoms with Crippen LogP contribution in [0.5, 0.6) is 5.75 Å². The monoisotopic (exact) mass is 301 g/mol. The van der Waals surface area contributed by atoms with Gasteiger partial charge in [-0.2, -0.15) is 0 Å². The van der Waals surface area contributed by atoms with Crippen LogP contribution in [0.4, 0.5) is 0 Å². The Balaban J connectivity index is 2.04. The van der Waals surface area contributed by atoms with Crippen LogP contribution in [-0.4, -0.2) is 20.1 Å².